The van der Waals surface area contributed by atoms with Crippen LogP contribution in [0.5, 0.6) is 11.5 Å². The minimum Gasteiger partial charge on any atom is -0.490 e. The second kappa shape index (κ2) is 10.8. The van der Waals surface area contributed by atoms with Gasteiger partial charge in [0.25, 0.3) is 5.91 Å². The van der Waals surface area contributed by atoms with E-state index in [0.717, 1.165) is 15.6 Å². The first-order valence-corrected chi connectivity index (χ1v) is 10.5. The first kappa shape index (κ1) is 21.9. The molecule has 3 aromatic carbocycles. The molecular weight excluding hydrogens is 468 g/mol. The van der Waals surface area contributed by atoms with Gasteiger partial charge in [0.15, 0.2) is 11.5 Å². The number of hydrazone groups is 1. The van der Waals surface area contributed by atoms with Gasteiger partial charge in [-0.3, -0.25) is 4.79 Å². The van der Waals surface area contributed by atoms with Gasteiger partial charge in [-0.2, -0.15) is 5.10 Å². The second-order valence-electron chi connectivity index (χ2n) is 6.24. The van der Waals surface area contributed by atoms with Crippen molar-refractivity contribution in [3.8, 4) is 11.5 Å². The molecule has 0 saturated heterocycles. The van der Waals surface area contributed by atoms with Crippen molar-refractivity contribution in [3.05, 3.63) is 92.9 Å². The van der Waals surface area contributed by atoms with E-state index in [1.807, 2.05) is 49.4 Å². The molecule has 154 valence electrons. The minimum absolute atomic E-state index is 0.324. The third kappa shape index (κ3) is 6.08. The molecule has 0 atom stereocenters. The van der Waals surface area contributed by atoms with Gasteiger partial charge in [-0.25, -0.2) is 5.43 Å². The van der Waals surface area contributed by atoms with Crippen LogP contribution in [-0.4, -0.2) is 18.7 Å². The number of carbonyl (C=O) groups excluding carboxylic acids is 1. The lowest BCUT2D eigenvalue weighted by Gasteiger charge is -2.14. The van der Waals surface area contributed by atoms with Crippen LogP contribution >= 0.6 is 27.5 Å². The lowest BCUT2D eigenvalue weighted by atomic mass is 10.2. The highest BCUT2D eigenvalue weighted by Gasteiger charge is 2.12. The summed E-state index contributed by atoms with van der Waals surface area (Å²) in [6, 6.07) is 20.1. The molecule has 0 aliphatic carbocycles. The molecule has 0 spiro atoms. The largest absolute Gasteiger partial charge is 0.490 e. The number of halogens is 2. The predicted molar refractivity (Wildman–Crippen MR) is 123 cm³/mol. The number of benzene rings is 3. The average Bonchev–Trinajstić information content (AvgIpc) is 2.74. The molecule has 0 bridgehead atoms. The van der Waals surface area contributed by atoms with E-state index in [1.165, 1.54) is 0 Å². The summed E-state index contributed by atoms with van der Waals surface area (Å²) in [4.78, 5) is 12.1. The number of rotatable bonds is 8. The van der Waals surface area contributed by atoms with Crippen molar-refractivity contribution in [2.24, 2.45) is 5.10 Å². The molecule has 0 aromatic heterocycles. The topological polar surface area (TPSA) is 59.9 Å². The maximum atomic E-state index is 12.1. The fraction of sp³-hybridized carbons (Fsp3) is 0.130. The second-order valence-corrected chi connectivity index (χ2v) is 7.53. The molecule has 3 aromatic rings. The van der Waals surface area contributed by atoms with Gasteiger partial charge in [-0.15, -0.1) is 0 Å². The Hall–Kier alpha value is -2.83. The molecule has 3 rings (SSSR count). The summed E-state index contributed by atoms with van der Waals surface area (Å²) in [5, 5.41) is 4.60. The first-order valence-electron chi connectivity index (χ1n) is 9.29. The monoisotopic (exact) mass is 486 g/mol. The standard InChI is InChI=1S/C23H20BrClN2O3/c1-2-29-21-13-17(14-26-27-23(28)18-8-10-19(25)11-9-18)12-20(24)22(21)30-15-16-6-4-3-5-7-16/h3-14H,2,15H2,1H3,(H,27,28)/b26-14+. The Balaban J connectivity index is 1.71. The first-order chi connectivity index (χ1) is 14.6. The summed E-state index contributed by atoms with van der Waals surface area (Å²) in [6.07, 6.45) is 1.54. The molecule has 0 aliphatic heterocycles. The molecule has 5 nitrogen and oxygen atoms in total. The summed E-state index contributed by atoms with van der Waals surface area (Å²) in [5.74, 6) is 0.881. The number of nitrogens with one attached hydrogen (secondary N) is 1. The zero-order valence-corrected chi connectivity index (χ0v) is 18.6. The van der Waals surface area contributed by atoms with E-state index in [2.05, 4.69) is 26.5 Å². The van der Waals surface area contributed by atoms with Crippen molar-refractivity contribution < 1.29 is 14.3 Å². The highest BCUT2D eigenvalue weighted by molar-refractivity contribution is 9.10. The predicted octanol–water partition coefficient (Wildman–Crippen LogP) is 5.84. The van der Waals surface area contributed by atoms with E-state index < -0.39 is 0 Å². The third-order valence-corrected chi connectivity index (χ3v) is 4.88. The molecule has 30 heavy (non-hydrogen) atoms. The van der Waals surface area contributed by atoms with Gasteiger partial charge in [0.2, 0.25) is 0 Å². The van der Waals surface area contributed by atoms with Crippen molar-refractivity contribution in [1.82, 2.24) is 5.43 Å². The molecule has 7 heteroatoms. The maximum Gasteiger partial charge on any atom is 0.271 e. The number of nitrogens with zero attached hydrogens (tertiary/aromatic N) is 1. The summed E-state index contributed by atoms with van der Waals surface area (Å²) in [6.45, 7) is 2.81. The smallest absolute Gasteiger partial charge is 0.271 e. The van der Waals surface area contributed by atoms with E-state index in [0.29, 0.717) is 35.3 Å². The zero-order chi connectivity index (χ0) is 21.3. The Morgan fingerprint density at radius 3 is 2.53 bits per heavy atom. The Morgan fingerprint density at radius 2 is 1.83 bits per heavy atom. The number of amides is 1. The van der Waals surface area contributed by atoms with Crippen LogP contribution in [0.3, 0.4) is 0 Å². The van der Waals surface area contributed by atoms with E-state index in [9.17, 15) is 4.79 Å². The Labute approximate surface area is 188 Å². The normalized spacial score (nSPS) is 10.8. The zero-order valence-electron chi connectivity index (χ0n) is 16.3. The van der Waals surface area contributed by atoms with Crippen molar-refractivity contribution in [1.29, 1.82) is 0 Å². The van der Waals surface area contributed by atoms with Crippen LogP contribution in [0.1, 0.15) is 28.4 Å². The third-order valence-electron chi connectivity index (χ3n) is 4.04. The highest BCUT2D eigenvalue weighted by atomic mass is 79.9. The van der Waals surface area contributed by atoms with E-state index in [4.69, 9.17) is 21.1 Å². The minimum atomic E-state index is -0.324. The van der Waals surface area contributed by atoms with Gasteiger partial charge >= 0.3 is 0 Å². The molecule has 0 heterocycles. The lowest BCUT2D eigenvalue weighted by Crippen LogP contribution is -2.17. The number of ether oxygens (including phenoxy) is 2. The van der Waals surface area contributed by atoms with Crippen molar-refractivity contribution in [2.45, 2.75) is 13.5 Å². The summed E-state index contributed by atoms with van der Waals surface area (Å²) < 4.78 is 12.4. The van der Waals surface area contributed by atoms with Crippen molar-refractivity contribution in [3.63, 3.8) is 0 Å². The highest BCUT2D eigenvalue weighted by Crippen LogP contribution is 2.37. The number of carbonyl (C=O) groups is 1. The van der Waals surface area contributed by atoms with Crippen LogP contribution in [0.2, 0.25) is 5.02 Å². The Kier molecular flexibility index (Phi) is 7.88. The molecule has 0 fully saturated rings. The van der Waals surface area contributed by atoms with Gasteiger partial charge in [0, 0.05) is 10.6 Å². The fourth-order valence-corrected chi connectivity index (χ4v) is 3.33. The Bertz CT molecular complexity index is 1020. The van der Waals surface area contributed by atoms with E-state index in [1.54, 1.807) is 30.5 Å². The molecule has 1 amide bonds. The van der Waals surface area contributed by atoms with Crippen molar-refractivity contribution >= 4 is 39.7 Å². The number of hydrogen-bond donors (Lipinski definition) is 1. The molecule has 0 saturated carbocycles. The maximum absolute atomic E-state index is 12.1. The van der Waals surface area contributed by atoms with Gasteiger partial charge in [0.05, 0.1) is 17.3 Å². The van der Waals surface area contributed by atoms with Crippen LogP contribution in [0.25, 0.3) is 0 Å². The molecule has 0 unspecified atom stereocenters. The van der Waals surface area contributed by atoms with Crippen LogP contribution in [0.15, 0.2) is 76.3 Å². The van der Waals surface area contributed by atoms with Gasteiger partial charge in [-0.05, 0) is 70.4 Å². The summed E-state index contributed by atoms with van der Waals surface area (Å²) >= 11 is 9.38. The van der Waals surface area contributed by atoms with E-state index >= 15 is 0 Å². The average molecular weight is 488 g/mol. The summed E-state index contributed by atoms with van der Waals surface area (Å²) in [7, 11) is 0. The van der Waals surface area contributed by atoms with Gasteiger partial charge in [0.1, 0.15) is 6.61 Å². The molecule has 0 aliphatic rings. The van der Waals surface area contributed by atoms with E-state index in [-0.39, 0.29) is 5.91 Å². The molecular formula is C23H20BrClN2O3. The SMILES string of the molecule is CCOc1cc(/C=N/NC(=O)c2ccc(Cl)cc2)cc(Br)c1OCc1ccccc1. The summed E-state index contributed by atoms with van der Waals surface area (Å²) in [5.41, 5.74) is 4.77. The molecule has 1 N–H and O–H groups in total. The van der Waals surface area contributed by atoms with Crippen LogP contribution in [-0.2, 0) is 6.61 Å². The number of hydrogen-bond acceptors (Lipinski definition) is 4. The van der Waals surface area contributed by atoms with Crippen LogP contribution in [0.4, 0.5) is 0 Å². The fourth-order valence-electron chi connectivity index (χ4n) is 2.63. The quantitative estimate of drug-likeness (QED) is 0.320. The molecule has 0 radical (unpaired) electrons. The Morgan fingerprint density at radius 1 is 1.10 bits per heavy atom. The van der Waals surface area contributed by atoms with Crippen LogP contribution < -0.4 is 14.9 Å². The van der Waals surface area contributed by atoms with Gasteiger partial charge < -0.3 is 9.47 Å². The van der Waals surface area contributed by atoms with Crippen LogP contribution in [0, 0.1) is 0 Å². The lowest BCUT2D eigenvalue weighted by molar-refractivity contribution is 0.0955. The van der Waals surface area contributed by atoms with Gasteiger partial charge in [-0.1, -0.05) is 41.9 Å². The van der Waals surface area contributed by atoms with Crippen molar-refractivity contribution in [2.75, 3.05) is 6.61 Å².